The van der Waals surface area contributed by atoms with Crippen LogP contribution in [0.3, 0.4) is 0 Å². The number of alkyl halides is 1. The summed E-state index contributed by atoms with van der Waals surface area (Å²) in [6.45, 7) is 1.12. The summed E-state index contributed by atoms with van der Waals surface area (Å²) in [4.78, 5) is 0. The number of nitrogens with one attached hydrogen (secondary N) is 1. The minimum Gasteiger partial charge on any atom is -0.375 e. The molecule has 1 aromatic rings. The number of ether oxygens (including phenoxy) is 1. The Bertz CT molecular complexity index is 336. The van der Waals surface area contributed by atoms with Crippen LogP contribution in [0.25, 0.3) is 0 Å². The van der Waals surface area contributed by atoms with Gasteiger partial charge in [0.05, 0.1) is 19.4 Å². The van der Waals surface area contributed by atoms with Gasteiger partial charge < -0.3 is 10.1 Å². The number of halogens is 2. The molecule has 0 spiro atoms. The van der Waals surface area contributed by atoms with Crippen LogP contribution >= 0.6 is 15.9 Å². The van der Waals surface area contributed by atoms with Crippen molar-refractivity contribution in [2.75, 3.05) is 19.8 Å². The van der Waals surface area contributed by atoms with Gasteiger partial charge in [0.2, 0.25) is 0 Å². The molecule has 0 amide bonds. The molecule has 2 atom stereocenters. The monoisotopic (exact) mass is 301 g/mol. The molecule has 1 aliphatic rings. The van der Waals surface area contributed by atoms with Gasteiger partial charge in [0, 0.05) is 23.5 Å². The molecule has 1 saturated heterocycles. The Balaban J connectivity index is 1.79. The summed E-state index contributed by atoms with van der Waals surface area (Å²) >= 11 is 3.42. The molecule has 1 fully saturated rings. The minimum absolute atomic E-state index is 0.0427. The lowest BCUT2D eigenvalue weighted by Crippen LogP contribution is -2.47. The van der Waals surface area contributed by atoms with Crippen molar-refractivity contribution in [1.82, 2.24) is 5.32 Å². The number of benzene rings is 1. The zero-order chi connectivity index (χ0) is 12.1. The van der Waals surface area contributed by atoms with Crippen LogP contribution in [0.2, 0.25) is 0 Å². The number of hydrogen-bond acceptors (Lipinski definition) is 2. The highest BCUT2D eigenvalue weighted by Gasteiger charge is 2.20. The standard InChI is InChI=1S/C13H17BrFNO/c14-11-3-1-10(2-4-11)7-12-9-17-13(5-6-15)8-16-12/h1-4,12-13,16H,5-9H2/t12-,13-/m0/s1. The molecule has 0 bridgehead atoms. The quantitative estimate of drug-likeness (QED) is 0.923. The van der Waals surface area contributed by atoms with E-state index in [4.69, 9.17) is 4.74 Å². The first-order valence-corrected chi connectivity index (χ1v) is 6.72. The zero-order valence-electron chi connectivity index (χ0n) is 9.66. The van der Waals surface area contributed by atoms with Crippen LogP contribution in [0.5, 0.6) is 0 Å². The highest BCUT2D eigenvalue weighted by Crippen LogP contribution is 2.14. The van der Waals surface area contributed by atoms with Gasteiger partial charge in [-0.05, 0) is 24.1 Å². The fourth-order valence-corrected chi connectivity index (χ4v) is 2.28. The van der Waals surface area contributed by atoms with Crippen molar-refractivity contribution in [2.45, 2.75) is 25.0 Å². The van der Waals surface area contributed by atoms with Crippen LogP contribution in [0.1, 0.15) is 12.0 Å². The van der Waals surface area contributed by atoms with E-state index in [0.717, 1.165) is 17.4 Å². The van der Waals surface area contributed by atoms with Crippen molar-refractivity contribution in [2.24, 2.45) is 0 Å². The van der Waals surface area contributed by atoms with E-state index in [0.29, 0.717) is 19.1 Å². The topological polar surface area (TPSA) is 21.3 Å². The van der Waals surface area contributed by atoms with Crippen LogP contribution in [0, 0.1) is 0 Å². The molecule has 1 aromatic carbocycles. The van der Waals surface area contributed by atoms with E-state index in [9.17, 15) is 4.39 Å². The van der Waals surface area contributed by atoms with E-state index >= 15 is 0 Å². The molecule has 0 unspecified atom stereocenters. The third kappa shape index (κ3) is 4.05. The predicted molar refractivity (Wildman–Crippen MR) is 70.0 cm³/mol. The van der Waals surface area contributed by atoms with Gasteiger partial charge in [-0.15, -0.1) is 0 Å². The third-order valence-electron chi connectivity index (χ3n) is 2.99. The second-order valence-corrected chi connectivity index (χ2v) is 5.28. The average Bonchev–Trinajstić information content (AvgIpc) is 2.35. The Morgan fingerprint density at radius 2 is 2.12 bits per heavy atom. The van der Waals surface area contributed by atoms with E-state index in [1.54, 1.807) is 0 Å². The Labute approximate surface area is 110 Å². The molecule has 2 rings (SSSR count). The SMILES string of the molecule is FCC[C@H]1CN[C@@H](Cc2ccc(Br)cc2)CO1. The van der Waals surface area contributed by atoms with Gasteiger partial charge in [0.1, 0.15) is 0 Å². The highest BCUT2D eigenvalue weighted by molar-refractivity contribution is 9.10. The first-order chi connectivity index (χ1) is 8.28. The van der Waals surface area contributed by atoms with Crippen molar-refractivity contribution in [3.05, 3.63) is 34.3 Å². The number of morpholine rings is 1. The van der Waals surface area contributed by atoms with Gasteiger partial charge >= 0.3 is 0 Å². The lowest BCUT2D eigenvalue weighted by molar-refractivity contribution is -0.00300. The molecule has 2 nitrogen and oxygen atoms in total. The Morgan fingerprint density at radius 1 is 1.35 bits per heavy atom. The summed E-state index contributed by atoms with van der Waals surface area (Å²) in [6, 6.07) is 8.65. The normalized spacial score (nSPS) is 24.8. The molecule has 0 aliphatic carbocycles. The maximum Gasteiger partial charge on any atom is 0.0919 e. The van der Waals surface area contributed by atoms with Crippen LogP contribution < -0.4 is 5.32 Å². The van der Waals surface area contributed by atoms with Crippen molar-refractivity contribution in [3.63, 3.8) is 0 Å². The summed E-state index contributed by atoms with van der Waals surface area (Å²) in [5.41, 5.74) is 1.29. The number of hydrogen-bond donors (Lipinski definition) is 1. The maximum atomic E-state index is 12.1. The number of rotatable bonds is 4. The molecule has 0 saturated carbocycles. The molecule has 0 aromatic heterocycles. The minimum atomic E-state index is -0.302. The lowest BCUT2D eigenvalue weighted by atomic mass is 10.0. The van der Waals surface area contributed by atoms with Crippen LogP contribution in [-0.4, -0.2) is 32.0 Å². The summed E-state index contributed by atoms with van der Waals surface area (Å²) in [5, 5.41) is 3.41. The Hall–Kier alpha value is -0.450. The fraction of sp³-hybridized carbons (Fsp3) is 0.538. The van der Waals surface area contributed by atoms with Crippen molar-refractivity contribution in [3.8, 4) is 0 Å². The molecule has 4 heteroatoms. The fourth-order valence-electron chi connectivity index (χ4n) is 2.01. The van der Waals surface area contributed by atoms with Gasteiger partial charge in [0.25, 0.3) is 0 Å². The maximum absolute atomic E-state index is 12.1. The molecule has 17 heavy (non-hydrogen) atoms. The Morgan fingerprint density at radius 3 is 2.71 bits per heavy atom. The van der Waals surface area contributed by atoms with Crippen LogP contribution in [0.15, 0.2) is 28.7 Å². The van der Waals surface area contributed by atoms with Gasteiger partial charge in [-0.3, -0.25) is 4.39 Å². The van der Waals surface area contributed by atoms with Crippen molar-refractivity contribution < 1.29 is 9.13 Å². The summed E-state index contributed by atoms with van der Waals surface area (Å²) in [6.07, 6.45) is 1.49. The first-order valence-electron chi connectivity index (χ1n) is 5.93. The van der Waals surface area contributed by atoms with Crippen LogP contribution in [-0.2, 0) is 11.2 Å². The van der Waals surface area contributed by atoms with E-state index in [1.165, 1.54) is 5.56 Å². The molecule has 94 valence electrons. The van der Waals surface area contributed by atoms with Gasteiger partial charge in [-0.25, -0.2) is 0 Å². The van der Waals surface area contributed by atoms with Gasteiger partial charge in [-0.1, -0.05) is 28.1 Å². The van der Waals surface area contributed by atoms with Gasteiger partial charge in [-0.2, -0.15) is 0 Å². The lowest BCUT2D eigenvalue weighted by Gasteiger charge is -2.30. The predicted octanol–water partition coefficient (Wildman–Crippen LogP) is 2.71. The summed E-state index contributed by atoms with van der Waals surface area (Å²) in [5.74, 6) is 0. The zero-order valence-corrected chi connectivity index (χ0v) is 11.2. The van der Waals surface area contributed by atoms with Crippen molar-refractivity contribution >= 4 is 15.9 Å². The first kappa shape index (κ1) is 13.0. The summed E-state index contributed by atoms with van der Waals surface area (Å²) in [7, 11) is 0. The van der Waals surface area contributed by atoms with E-state index < -0.39 is 0 Å². The molecule has 1 aliphatic heterocycles. The highest BCUT2D eigenvalue weighted by atomic mass is 79.9. The Kier molecular flexibility index (Phi) is 4.95. The van der Waals surface area contributed by atoms with Crippen molar-refractivity contribution in [1.29, 1.82) is 0 Å². The second-order valence-electron chi connectivity index (χ2n) is 4.37. The third-order valence-corrected chi connectivity index (χ3v) is 3.52. The van der Waals surface area contributed by atoms with E-state index in [1.807, 2.05) is 12.1 Å². The molecule has 1 N–H and O–H groups in total. The summed E-state index contributed by atoms with van der Waals surface area (Å²) < 4.78 is 18.9. The smallest absolute Gasteiger partial charge is 0.0919 e. The average molecular weight is 302 g/mol. The van der Waals surface area contributed by atoms with Gasteiger partial charge in [0.15, 0.2) is 0 Å². The van der Waals surface area contributed by atoms with Crippen LogP contribution in [0.4, 0.5) is 4.39 Å². The van der Waals surface area contributed by atoms with E-state index in [-0.39, 0.29) is 12.8 Å². The molecule has 1 heterocycles. The molecule has 0 radical (unpaired) electrons. The largest absolute Gasteiger partial charge is 0.375 e. The van der Waals surface area contributed by atoms with E-state index in [2.05, 4.69) is 33.4 Å². The second kappa shape index (κ2) is 6.47. The molecular weight excluding hydrogens is 285 g/mol. The molecular formula is C13H17BrFNO.